The van der Waals surface area contributed by atoms with Gasteiger partial charge >= 0.3 is 0 Å². The van der Waals surface area contributed by atoms with E-state index in [9.17, 15) is 4.79 Å². The van der Waals surface area contributed by atoms with Crippen molar-refractivity contribution in [2.24, 2.45) is 11.7 Å². The van der Waals surface area contributed by atoms with Crippen LogP contribution in [0.5, 0.6) is 0 Å². The number of rotatable bonds is 5. The fourth-order valence-electron chi connectivity index (χ4n) is 2.49. The Hall–Kier alpha value is -0.570. The fourth-order valence-corrected chi connectivity index (χ4v) is 2.49. The Morgan fingerprint density at radius 3 is 2.47 bits per heavy atom. The zero-order valence-corrected chi connectivity index (χ0v) is 9.96. The molecule has 3 N–H and O–H groups in total. The van der Waals surface area contributed by atoms with Crippen LogP contribution in [0.4, 0.5) is 0 Å². The third kappa shape index (κ3) is 3.82. The predicted molar refractivity (Wildman–Crippen MR) is 62.4 cm³/mol. The lowest BCUT2D eigenvalue weighted by Gasteiger charge is -2.30. The Morgan fingerprint density at radius 1 is 1.40 bits per heavy atom. The van der Waals surface area contributed by atoms with Crippen molar-refractivity contribution >= 4 is 5.91 Å². The molecule has 0 spiro atoms. The van der Waals surface area contributed by atoms with E-state index in [-0.39, 0.29) is 11.9 Å². The highest BCUT2D eigenvalue weighted by atomic mass is 16.1. The Labute approximate surface area is 92.8 Å². The van der Waals surface area contributed by atoms with Gasteiger partial charge in [-0.2, -0.15) is 0 Å². The van der Waals surface area contributed by atoms with Crippen molar-refractivity contribution in [3.8, 4) is 0 Å². The quantitative estimate of drug-likeness (QED) is 0.730. The first-order chi connectivity index (χ1) is 7.15. The highest BCUT2D eigenvalue weighted by molar-refractivity contribution is 5.79. The normalized spacial score (nSPS) is 22.3. The van der Waals surface area contributed by atoms with Crippen molar-refractivity contribution < 1.29 is 4.79 Å². The van der Waals surface area contributed by atoms with Crippen LogP contribution in [0, 0.1) is 5.92 Å². The molecule has 1 rings (SSSR count). The number of hydrogen-bond acceptors (Lipinski definition) is 2. The number of hydrogen-bond donors (Lipinski definition) is 2. The van der Waals surface area contributed by atoms with Gasteiger partial charge in [-0.3, -0.25) is 4.79 Å². The molecule has 88 valence electrons. The van der Waals surface area contributed by atoms with E-state index < -0.39 is 0 Å². The van der Waals surface area contributed by atoms with Crippen molar-refractivity contribution in [3.05, 3.63) is 0 Å². The third-order valence-corrected chi connectivity index (χ3v) is 3.57. The molecule has 0 aliphatic heterocycles. The summed E-state index contributed by atoms with van der Waals surface area (Å²) in [6.45, 7) is 4.18. The molecule has 1 amide bonds. The molecule has 0 aromatic rings. The fraction of sp³-hybridized carbons (Fsp3) is 0.917. The number of carbonyl (C=O) groups is 1. The van der Waals surface area contributed by atoms with E-state index in [1.165, 1.54) is 32.1 Å². The van der Waals surface area contributed by atoms with E-state index in [2.05, 4.69) is 12.2 Å². The second kappa shape index (κ2) is 6.11. The van der Waals surface area contributed by atoms with Gasteiger partial charge in [-0.25, -0.2) is 0 Å². The zero-order chi connectivity index (χ0) is 11.3. The van der Waals surface area contributed by atoms with Gasteiger partial charge in [0.15, 0.2) is 0 Å². The minimum atomic E-state index is -0.222. The molecule has 3 heteroatoms. The van der Waals surface area contributed by atoms with Gasteiger partial charge in [0.1, 0.15) is 0 Å². The maximum atomic E-state index is 11.1. The summed E-state index contributed by atoms with van der Waals surface area (Å²) in [4.78, 5) is 11.1. The van der Waals surface area contributed by atoms with Crippen LogP contribution in [-0.4, -0.2) is 18.0 Å². The summed E-state index contributed by atoms with van der Waals surface area (Å²) < 4.78 is 0. The maximum absolute atomic E-state index is 11.1. The van der Waals surface area contributed by atoms with E-state index in [0.717, 1.165) is 12.3 Å². The van der Waals surface area contributed by atoms with E-state index in [0.29, 0.717) is 6.04 Å². The lowest BCUT2D eigenvalue weighted by molar-refractivity contribution is -0.120. The van der Waals surface area contributed by atoms with Crippen molar-refractivity contribution in [2.75, 3.05) is 0 Å². The third-order valence-electron chi connectivity index (χ3n) is 3.57. The number of carbonyl (C=O) groups excluding carboxylic acids is 1. The van der Waals surface area contributed by atoms with Gasteiger partial charge in [-0.05, 0) is 32.1 Å². The average molecular weight is 212 g/mol. The van der Waals surface area contributed by atoms with E-state index >= 15 is 0 Å². The van der Waals surface area contributed by atoms with Gasteiger partial charge in [-0.15, -0.1) is 0 Å². The minimum Gasteiger partial charge on any atom is -0.368 e. The first-order valence-electron chi connectivity index (χ1n) is 6.20. The van der Waals surface area contributed by atoms with Crippen LogP contribution in [0.2, 0.25) is 0 Å². The van der Waals surface area contributed by atoms with Crippen molar-refractivity contribution in [3.63, 3.8) is 0 Å². The SMILES string of the molecule is CCC(NC(C)C1CCCCC1)C(N)=O. The summed E-state index contributed by atoms with van der Waals surface area (Å²) >= 11 is 0. The Balaban J connectivity index is 2.38. The van der Waals surface area contributed by atoms with Gasteiger partial charge in [0.05, 0.1) is 6.04 Å². The highest BCUT2D eigenvalue weighted by Crippen LogP contribution is 2.26. The second-order valence-corrected chi connectivity index (χ2v) is 4.72. The molecule has 0 bridgehead atoms. The molecule has 15 heavy (non-hydrogen) atoms. The van der Waals surface area contributed by atoms with Crippen molar-refractivity contribution in [1.29, 1.82) is 0 Å². The lowest BCUT2D eigenvalue weighted by Crippen LogP contribution is -2.47. The van der Waals surface area contributed by atoms with E-state index in [4.69, 9.17) is 5.73 Å². The van der Waals surface area contributed by atoms with Crippen LogP contribution in [-0.2, 0) is 4.79 Å². The standard InChI is InChI=1S/C12H24N2O/c1-3-11(12(13)15)14-9(2)10-7-5-4-6-8-10/h9-11,14H,3-8H2,1-2H3,(H2,13,15). The molecule has 1 fully saturated rings. The van der Waals surface area contributed by atoms with Crippen molar-refractivity contribution in [2.45, 2.75) is 64.5 Å². The van der Waals surface area contributed by atoms with Gasteiger partial charge in [-0.1, -0.05) is 26.2 Å². The highest BCUT2D eigenvalue weighted by Gasteiger charge is 2.23. The molecule has 1 aliphatic carbocycles. The molecular formula is C12H24N2O. The smallest absolute Gasteiger partial charge is 0.234 e. The summed E-state index contributed by atoms with van der Waals surface area (Å²) in [6.07, 6.45) is 7.42. The number of primary amides is 1. The number of nitrogens with one attached hydrogen (secondary N) is 1. The molecule has 1 aliphatic rings. The Morgan fingerprint density at radius 2 is 2.00 bits per heavy atom. The summed E-state index contributed by atoms with van der Waals surface area (Å²) in [5.74, 6) is 0.507. The molecule has 3 nitrogen and oxygen atoms in total. The van der Waals surface area contributed by atoms with E-state index in [1.54, 1.807) is 0 Å². The molecule has 2 atom stereocenters. The average Bonchev–Trinajstić information content (AvgIpc) is 2.26. The predicted octanol–water partition coefficient (Wildman–Crippen LogP) is 1.81. The summed E-state index contributed by atoms with van der Waals surface area (Å²) in [5.41, 5.74) is 5.32. The molecule has 0 aromatic carbocycles. The van der Waals surface area contributed by atoms with Crippen LogP contribution in [0.3, 0.4) is 0 Å². The molecule has 0 aromatic heterocycles. The van der Waals surface area contributed by atoms with Gasteiger partial charge in [0.2, 0.25) is 5.91 Å². The maximum Gasteiger partial charge on any atom is 0.234 e. The summed E-state index contributed by atoms with van der Waals surface area (Å²) in [7, 11) is 0. The largest absolute Gasteiger partial charge is 0.368 e. The van der Waals surface area contributed by atoms with Gasteiger partial charge in [0.25, 0.3) is 0 Å². The monoisotopic (exact) mass is 212 g/mol. The molecular weight excluding hydrogens is 188 g/mol. The second-order valence-electron chi connectivity index (χ2n) is 4.72. The Kier molecular flexibility index (Phi) is 5.09. The van der Waals surface area contributed by atoms with Crippen LogP contribution in [0.1, 0.15) is 52.4 Å². The first kappa shape index (κ1) is 12.5. The molecule has 2 unspecified atom stereocenters. The molecule has 0 saturated heterocycles. The summed E-state index contributed by atoms with van der Waals surface area (Å²) in [6, 6.07) is 0.268. The molecule has 0 radical (unpaired) electrons. The first-order valence-corrected chi connectivity index (χ1v) is 6.20. The van der Waals surface area contributed by atoms with E-state index in [1.807, 2.05) is 6.92 Å². The number of nitrogens with two attached hydrogens (primary N) is 1. The Bertz CT molecular complexity index is 200. The van der Waals surface area contributed by atoms with Crippen LogP contribution < -0.4 is 11.1 Å². The minimum absolute atomic E-state index is 0.151. The van der Waals surface area contributed by atoms with Crippen LogP contribution in [0.15, 0.2) is 0 Å². The van der Waals surface area contributed by atoms with Crippen molar-refractivity contribution in [1.82, 2.24) is 5.32 Å². The van der Waals surface area contributed by atoms with Gasteiger partial charge in [0, 0.05) is 6.04 Å². The summed E-state index contributed by atoms with van der Waals surface area (Å²) in [5, 5.41) is 3.36. The van der Waals surface area contributed by atoms with Crippen LogP contribution >= 0.6 is 0 Å². The number of amides is 1. The molecule has 0 heterocycles. The topological polar surface area (TPSA) is 55.1 Å². The zero-order valence-electron chi connectivity index (χ0n) is 9.96. The van der Waals surface area contributed by atoms with Crippen LogP contribution in [0.25, 0.3) is 0 Å². The molecule has 1 saturated carbocycles. The van der Waals surface area contributed by atoms with Gasteiger partial charge < -0.3 is 11.1 Å². The lowest BCUT2D eigenvalue weighted by atomic mass is 9.84.